The van der Waals surface area contributed by atoms with E-state index in [4.69, 9.17) is 4.42 Å². The summed E-state index contributed by atoms with van der Waals surface area (Å²) in [6.45, 7) is 0. The Morgan fingerprint density at radius 2 is 2.04 bits per heavy atom. The van der Waals surface area contributed by atoms with Crippen LogP contribution in [0.15, 0.2) is 68.5 Å². The number of rotatable bonds is 3. The van der Waals surface area contributed by atoms with E-state index in [0.29, 0.717) is 39.1 Å². The molecule has 1 atom stereocenters. The summed E-state index contributed by atoms with van der Waals surface area (Å²) in [7, 11) is 0. The van der Waals surface area contributed by atoms with Crippen LogP contribution in [0.3, 0.4) is 0 Å². The van der Waals surface area contributed by atoms with Crippen LogP contribution in [0.25, 0.3) is 27.9 Å². The SMILES string of the molecule is O=C(O)C1CC(N=C=S)=CC=C1c1c2ccc(=O)cc-2oc2cc(O)ccc12. The number of allylic oxidation sites excluding steroid dienone is 3. The predicted molar refractivity (Wildman–Crippen MR) is 108 cm³/mol. The molecule has 0 spiro atoms. The minimum Gasteiger partial charge on any atom is -0.508 e. The summed E-state index contributed by atoms with van der Waals surface area (Å²) in [4.78, 5) is 27.7. The molecular weight excluding hydrogens is 378 g/mol. The van der Waals surface area contributed by atoms with E-state index in [9.17, 15) is 19.8 Å². The van der Waals surface area contributed by atoms with Crippen molar-refractivity contribution in [2.75, 3.05) is 0 Å². The second-order valence-corrected chi connectivity index (χ2v) is 6.58. The molecule has 6 nitrogen and oxygen atoms in total. The van der Waals surface area contributed by atoms with Gasteiger partial charge in [-0.15, -0.1) is 0 Å². The highest BCUT2D eigenvalue weighted by molar-refractivity contribution is 7.78. The van der Waals surface area contributed by atoms with Crippen LogP contribution < -0.4 is 5.43 Å². The summed E-state index contributed by atoms with van der Waals surface area (Å²) in [6, 6.07) is 8.99. The zero-order chi connectivity index (χ0) is 19.8. The first-order valence-corrected chi connectivity index (χ1v) is 8.80. The minimum absolute atomic E-state index is 0.00439. The Kier molecular flexibility index (Phi) is 4.39. The number of thiocarbonyl (C=S) groups is 1. The van der Waals surface area contributed by atoms with E-state index >= 15 is 0 Å². The molecule has 0 radical (unpaired) electrons. The van der Waals surface area contributed by atoms with Gasteiger partial charge in [-0.25, -0.2) is 0 Å². The van der Waals surface area contributed by atoms with Crippen LogP contribution in [-0.4, -0.2) is 21.3 Å². The summed E-state index contributed by atoms with van der Waals surface area (Å²) < 4.78 is 5.80. The number of carbonyl (C=O) groups is 1. The largest absolute Gasteiger partial charge is 0.508 e. The first-order chi connectivity index (χ1) is 13.5. The van der Waals surface area contributed by atoms with Crippen LogP contribution in [0.4, 0.5) is 0 Å². The molecule has 2 N–H and O–H groups in total. The van der Waals surface area contributed by atoms with Crippen molar-refractivity contribution < 1.29 is 19.4 Å². The van der Waals surface area contributed by atoms with E-state index in [-0.39, 0.29) is 17.6 Å². The Balaban J connectivity index is 2.09. The van der Waals surface area contributed by atoms with Gasteiger partial charge in [-0.2, -0.15) is 4.99 Å². The fourth-order valence-corrected chi connectivity index (χ4v) is 3.60. The fraction of sp³-hybridized carbons (Fsp3) is 0.0952. The molecule has 1 aromatic rings. The van der Waals surface area contributed by atoms with Gasteiger partial charge in [-0.3, -0.25) is 9.59 Å². The highest BCUT2D eigenvalue weighted by atomic mass is 32.1. The lowest BCUT2D eigenvalue weighted by Gasteiger charge is -2.24. The summed E-state index contributed by atoms with van der Waals surface area (Å²) in [5, 5.41) is 22.5. The Bertz CT molecular complexity index is 1260. The van der Waals surface area contributed by atoms with Gasteiger partial charge in [-0.1, -0.05) is 6.08 Å². The summed E-state index contributed by atoms with van der Waals surface area (Å²) >= 11 is 4.62. The van der Waals surface area contributed by atoms with Crippen molar-refractivity contribution in [2.45, 2.75) is 6.42 Å². The van der Waals surface area contributed by atoms with Crippen LogP contribution in [-0.2, 0) is 4.79 Å². The molecule has 1 aliphatic heterocycles. The average molecular weight is 391 g/mol. The lowest BCUT2D eigenvalue weighted by molar-refractivity contribution is -0.139. The minimum atomic E-state index is -1.00. The molecule has 1 unspecified atom stereocenters. The summed E-state index contributed by atoms with van der Waals surface area (Å²) in [6.07, 6.45) is 3.57. The van der Waals surface area contributed by atoms with E-state index in [0.717, 1.165) is 0 Å². The molecule has 0 bridgehead atoms. The van der Waals surface area contributed by atoms with Crippen LogP contribution in [0, 0.1) is 5.92 Å². The number of aliphatic imine (C=N–C) groups is 1. The second kappa shape index (κ2) is 6.88. The zero-order valence-electron chi connectivity index (χ0n) is 14.4. The van der Waals surface area contributed by atoms with E-state index in [1.165, 1.54) is 24.3 Å². The highest BCUT2D eigenvalue weighted by Gasteiger charge is 2.31. The van der Waals surface area contributed by atoms with Crippen molar-refractivity contribution in [2.24, 2.45) is 10.9 Å². The van der Waals surface area contributed by atoms with Crippen molar-refractivity contribution in [1.29, 1.82) is 0 Å². The maximum absolute atomic E-state index is 12.0. The maximum atomic E-state index is 12.0. The van der Waals surface area contributed by atoms with E-state index in [1.54, 1.807) is 24.3 Å². The van der Waals surface area contributed by atoms with Crippen molar-refractivity contribution >= 4 is 39.9 Å². The molecular formula is C21H13NO5S. The van der Waals surface area contributed by atoms with Gasteiger partial charge in [0, 0.05) is 35.1 Å². The number of isothiocyanates is 1. The molecule has 1 aromatic carbocycles. The molecule has 0 saturated heterocycles. The molecule has 2 aliphatic carbocycles. The average Bonchev–Trinajstić information content (AvgIpc) is 2.66. The molecule has 28 heavy (non-hydrogen) atoms. The van der Waals surface area contributed by atoms with Crippen molar-refractivity contribution in [3.8, 4) is 17.1 Å². The molecule has 0 amide bonds. The third-order valence-corrected chi connectivity index (χ3v) is 4.79. The number of phenols is 1. The Hall–Kier alpha value is -3.54. The molecule has 0 fully saturated rings. The Labute approximate surface area is 164 Å². The third-order valence-electron chi connectivity index (χ3n) is 4.70. The van der Waals surface area contributed by atoms with Gasteiger partial charge in [0.1, 0.15) is 17.1 Å². The Morgan fingerprint density at radius 3 is 2.79 bits per heavy atom. The number of phenolic OH excluding ortho intramolecular Hbond substituents is 1. The van der Waals surface area contributed by atoms with Gasteiger partial charge in [0.05, 0.1) is 16.8 Å². The summed E-state index contributed by atoms with van der Waals surface area (Å²) in [5.41, 5.74) is 2.47. The van der Waals surface area contributed by atoms with Crippen LogP contribution in [0.5, 0.6) is 5.75 Å². The van der Waals surface area contributed by atoms with Gasteiger partial charge in [0.15, 0.2) is 5.43 Å². The molecule has 3 aliphatic rings. The zero-order valence-corrected chi connectivity index (χ0v) is 15.2. The second-order valence-electron chi connectivity index (χ2n) is 6.39. The lowest BCUT2D eigenvalue weighted by Crippen LogP contribution is -2.19. The fourth-order valence-electron chi connectivity index (χ4n) is 3.48. The van der Waals surface area contributed by atoms with Crippen molar-refractivity contribution in [3.63, 3.8) is 0 Å². The van der Waals surface area contributed by atoms with Gasteiger partial charge in [0.2, 0.25) is 0 Å². The van der Waals surface area contributed by atoms with Crippen LogP contribution in [0.1, 0.15) is 12.0 Å². The smallest absolute Gasteiger partial charge is 0.311 e. The van der Waals surface area contributed by atoms with Gasteiger partial charge in [0.25, 0.3) is 0 Å². The molecule has 4 rings (SSSR count). The van der Waals surface area contributed by atoms with Crippen LogP contribution >= 0.6 is 12.2 Å². The summed E-state index contributed by atoms with van der Waals surface area (Å²) in [5.74, 6) is -1.54. The number of hydrogen-bond acceptors (Lipinski definition) is 6. The number of nitrogens with zero attached hydrogens (tertiary/aromatic N) is 1. The van der Waals surface area contributed by atoms with E-state index < -0.39 is 11.9 Å². The number of carboxylic acids is 1. The van der Waals surface area contributed by atoms with Crippen molar-refractivity contribution in [3.05, 3.63) is 70.0 Å². The number of fused-ring (bicyclic) bond motifs is 2. The number of aliphatic carboxylic acids is 1. The van der Waals surface area contributed by atoms with Crippen LogP contribution in [0.2, 0.25) is 0 Å². The number of benzene rings is 2. The number of aromatic hydroxyl groups is 1. The standard InChI is InChI=1S/C21H13NO5S/c23-12-2-5-15-18(8-12)27-19-9-13(24)3-6-16(19)20(15)14-4-1-11(22-10-28)7-17(14)21(25)26/h1-6,8-9,17,23H,7H2,(H,25,26). The first kappa shape index (κ1) is 17.9. The van der Waals surface area contributed by atoms with E-state index in [1.807, 2.05) is 0 Å². The molecule has 0 aromatic heterocycles. The highest BCUT2D eigenvalue weighted by Crippen LogP contribution is 2.43. The van der Waals surface area contributed by atoms with Crippen molar-refractivity contribution in [1.82, 2.24) is 0 Å². The molecule has 1 heterocycles. The topological polar surface area (TPSA) is 100 Å². The quantitative estimate of drug-likeness (QED) is 0.396. The van der Waals surface area contributed by atoms with Gasteiger partial charge < -0.3 is 14.6 Å². The third kappa shape index (κ3) is 3.03. The lowest BCUT2D eigenvalue weighted by atomic mass is 9.81. The van der Waals surface area contributed by atoms with Gasteiger partial charge >= 0.3 is 5.97 Å². The normalized spacial score (nSPS) is 16.4. The number of carboxylic acid groups (broad SMARTS) is 1. The predicted octanol–water partition coefficient (Wildman–Crippen LogP) is 4.08. The Morgan fingerprint density at radius 1 is 1.21 bits per heavy atom. The van der Waals surface area contributed by atoms with E-state index in [2.05, 4.69) is 22.4 Å². The maximum Gasteiger partial charge on any atom is 0.311 e. The first-order valence-electron chi connectivity index (χ1n) is 8.39. The molecule has 7 heteroatoms. The monoisotopic (exact) mass is 391 g/mol. The van der Waals surface area contributed by atoms with Gasteiger partial charge in [-0.05, 0) is 48.1 Å². The number of hydrogen-bond donors (Lipinski definition) is 2. The molecule has 0 saturated carbocycles. The molecule has 138 valence electrons.